The van der Waals surface area contributed by atoms with Crippen molar-refractivity contribution in [1.29, 1.82) is 0 Å². The number of hydrogen-bond donors (Lipinski definition) is 1. The number of nitrogens with zero attached hydrogens (tertiary/aromatic N) is 2. The number of benzene rings is 1. The lowest BCUT2D eigenvalue weighted by Gasteiger charge is -2.40. The number of hydrogen-bond acceptors (Lipinski definition) is 3. The van der Waals surface area contributed by atoms with E-state index in [4.69, 9.17) is 0 Å². The molecule has 26 heavy (non-hydrogen) atoms. The van der Waals surface area contributed by atoms with E-state index in [2.05, 4.69) is 10.2 Å². The van der Waals surface area contributed by atoms with Gasteiger partial charge in [-0.2, -0.15) is 0 Å². The van der Waals surface area contributed by atoms with Gasteiger partial charge in [0.05, 0.1) is 6.04 Å². The van der Waals surface area contributed by atoms with E-state index in [9.17, 15) is 9.59 Å². The minimum atomic E-state index is -0.0862. The van der Waals surface area contributed by atoms with E-state index >= 15 is 0 Å². The Labute approximate surface area is 156 Å². The first-order valence-corrected chi connectivity index (χ1v) is 9.98. The zero-order valence-electron chi connectivity index (χ0n) is 16.0. The summed E-state index contributed by atoms with van der Waals surface area (Å²) in [6.45, 7) is 6.98. The van der Waals surface area contributed by atoms with E-state index in [-0.39, 0.29) is 17.9 Å². The predicted molar refractivity (Wildman–Crippen MR) is 104 cm³/mol. The van der Waals surface area contributed by atoms with Crippen molar-refractivity contribution >= 4 is 17.5 Å². The Hall–Kier alpha value is -1.88. The summed E-state index contributed by atoms with van der Waals surface area (Å²) in [5.41, 5.74) is 2.02. The highest BCUT2D eigenvalue weighted by Gasteiger charge is 2.37. The number of amides is 2. The molecule has 1 aromatic carbocycles. The van der Waals surface area contributed by atoms with Crippen LogP contribution in [0.15, 0.2) is 24.3 Å². The van der Waals surface area contributed by atoms with Crippen LogP contribution in [0.3, 0.4) is 0 Å². The third-order valence-corrected chi connectivity index (χ3v) is 5.76. The summed E-state index contributed by atoms with van der Waals surface area (Å²) in [6.07, 6.45) is 5.24. The summed E-state index contributed by atoms with van der Waals surface area (Å²) in [5.74, 6) is 0.747. The molecule has 0 unspecified atom stereocenters. The van der Waals surface area contributed by atoms with Gasteiger partial charge in [0.1, 0.15) is 0 Å². The quantitative estimate of drug-likeness (QED) is 0.881. The van der Waals surface area contributed by atoms with Crippen molar-refractivity contribution in [2.45, 2.75) is 52.0 Å². The van der Waals surface area contributed by atoms with Crippen LogP contribution in [-0.4, -0.2) is 53.8 Å². The van der Waals surface area contributed by atoms with Crippen LogP contribution in [0.4, 0.5) is 5.69 Å². The second kappa shape index (κ2) is 8.67. The van der Waals surface area contributed by atoms with E-state index in [1.165, 1.54) is 12.8 Å². The molecule has 0 aromatic heterocycles. The second-order valence-corrected chi connectivity index (χ2v) is 7.62. The summed E-state index contributed by atoms with van der Waals surface area (Å²) in [7, 11) is 0. The summed E-state index contributed by atoms with van der Waals surface area (Å²) < 4.78 is 0. The minimum Gasteiger partial charge on any atom is -0.340 e. The number of piperazine rings is 1. The highest BCUT2D eigenvalue weighted by atomic mass is 16.2. The van der Waals surface area contributed by atoms with Crippen molar-refractivity contribution in [1.82, 2.24) is 9.80 Å². The second-order valence-electron chi connectivity index (χ2n) is 7.62. The summed E-state index contributed by atoms with van der Waals surface area (Å²) in [5, 5.41) is 3.14. The Bertz CT molecular complexity index is 632. The predicted octanol–water partition coefficient (Wildman–Crippen LogP) is 3.05. The van der Waals surface area contributed by atoms with Crippen molar-refractivity contribution in [3.8, 4) is 0 Å². The molecule has 1 aliphatic carbocycles. The Balaban J connectivity index is 1.69. The molecule has 1 atom stereocenters. The molecule has 1 aliphatic heterocycles. The monoisotopic (exact) mass is 357 g/mol. The van der Waals surface area contributed by atoms with Crippen LogP contribution < -0.4 is 5.32 Å². The van der Waals surface area contributed by atoms with Gasteiger partial charge in [-0.3, -0.25) is 14.5 Å². The van der Waals surface area contributed by atoms with Crippen LogP contribution in [0.25, 0.3) is 0 Å². The van der Waals surface area contributed by atoms with Crippen molar-refractivity contribution < 1.29 is 9.59 Å². The molecule has 3 rings (SSSR count). The summed E-state index contributed by atoms with van der Waals surface area (Å²) in [6, 6.07) is 7.89. The zero-order chi connectivity index (χ0) is 18.5. The van der Waals surface area contributed by atoms with Gasteiger partial charge in [-0.25, -0.2) is 0 Å². The third-order valence-electron chi connectivity index (χ3n) is 5.76. The van der Waals surface area contributed by atoms with Gasteiger partial charge in [0.2, 0.25) is 11.8 Å². The average molecular weight is 357 g/mol. The SMILES string of the molecule is CCC(=O)N1CCN([C@@H](C(=O)Nc2cccc(C)c2)C2CCCC2)CC1. The van der Waals surface area contributed by atoms with Gasteiger partial charge in [0.25, 0.3) is 0 Å². The fourth-order valence-electron chi connectivity index (χ4n) is 4.36. The van der Waals surface area contributed by atoms with Gasteiger partial charge < -0.3 is 10.2 Å². The molecule has 5 heteroatoms. The van der Waals surface area contributed by atoms with Gasteiger partial charge in [0.15, 0.2) is 0 Å². The molecule has 0 spiro atoms. The molecule has 1 saturated heterocycles. The van der Waals surface area contributed by atoms with Gasteiger partial charge >= 0.3 is 0 Å². The zero-order valence-corrected chi connectivity index (χ0v) is 16.0. The largest absolute Gasteiger partial charge is 0.340 e. The molecule has 0 bridgehead atoms. The van der Waals surface area contributed by atoms with Crippen molar-refractivity contribution in [3.63, 3.8) is 0 Å². The number of anilines is 1. The van der Waals surface area contributed by atoms with Crippen LogP contribution >= 0.6 is 0 Å². The van der Waals surface area contributed by atoms with Crippen LogP contribution in [0, 0.1) is 12.8 Å². The van der Waals surface area contributed by atoms with Crippen molar-refractivity contribution in [2.75, 3.05) is 31.5 Å². The molecule has 2 amide bonds. The highest BCUT2D eigenvalue weighted by Crippen LogP contribution is 2.31. The van der Waals surface area contributed by atoms with Crippen LogP contribution in [-0.2, 0) is 9.59 Å². The van der Waals surface area contributed by atoms with Gasteiger partial charge in [-0.1, -0.05) is 31.9 Å². The lowest BCUT2D eigenvalue weighted by molar-refractivity contribution is -0.134. The molecule has 0 radical (unpaired) electrons. The first-order chi connectivity index (χ1) is 12.6. The fourth-order valence-corrected chi connectivity index (χ4v) is 4.36. The molecule has 1 heterocycles. The Morgan fingerprint density at radius 3 is 2.46 bits per heavy atom. The molecule has 1 N–H and O–H groups in total. The molecule has 2 fully saturated rings. The minimum absolute atomic E-state index is 0.0862. The van der Waals surface area contributed by atoms with E-state index in [0.29, 0.717) is 12.3 Å². The molecular weight excluding hydrogens is 326 g/mol. The summed E-state index contributed by atoms with van der Waals surface area (Å²) >= 11 is 0. The average Bonchev–Trinajstić information content (AvgIpc) is 3.16. The lowest BCUT2D eigenvalue weighted by Crippen LogP contribution is -2.56. The standard InChI is InChI=1S/C21H31N3O2/c1-3-19(25)23-11-13-24(14-12-23)20(17-8-4-5-9-17)21(26)22-18-10-6-7-16(2)15-18/h6-7,10,15,17,20H,3-5,8-9,11-14H2,1-2H3,(H,22,26)/t20-/m1/s1. The number of nitrogens with one attached hydrogen (secondary N) is 1. The number of carbonyl (C=O) groups excluding carboxylic acids is 2. The first-order valence-electron chi connectivity index (χ1n) is 9.98. The molecule has 1 saturated carbocycles. The molecular formula is C21H31N3O2. The first kappa shape index (κ1) is 18.9. The fraction of sp³-hybridized carbons (Fsp3) is 0.619. The summed E-state index contributed by atoms with van der Waals surface area (Å²) in [4.78, 5) is 29.3. The molecule has 5 nitrogen and oxygen atoms in total. The van der Waals surface area contributed by atoms with E-state index in [0.717, 1.165) is 50.3 Å². The molecule has 1 aromatic rings. The Morgan fingerprint density at radius 1 is 1.15 bits per heavy atom. The van der Waals surface area contributed by atoms with Crippen LogP contribution in [0.2, 0.25) is 0 Å². The molecule has 142 valence electrons. The maximum absolute atomic E-state index is 13.1. The lowest BCUT2D eigenvalue weighted by atomic mass is 9.94. The normalized spacial score (nSPS) is 20.2. The van der Waals surface area contributed by atoms with Crippen molar-refractivity contribution in [2.24, 2.45) is 5.92 Å². The Morgan fingerprint density at radius 2 is 1.85 bits per heavy atom. The maximum atomic E-state index is 13.1. The number of aryl methyl sites for hydroxylation is 1. The number of carbonyl (C=O) groups is 2. The van der Waals surface area contributed by atoms with Crippen molar-refractivity contribution in [3.05, 3.63) is 29.8 Å². The van der Waals surface area contributed by atoms with Gasteiger partial charge in [-0.05, 0) is 43.4 Å². The molecule has 2 aliphatic rings. The topological polar surface area (TPSA) is 52.7 Å². The van der Waals surface area contributed by atoms with Gasteiger partial charge in [0, 0.05) is 38.3 Å². The number of rotatable bonds is 5. The van der Waals surface area contributed by atoms with Crippen LogP contribution in [0.5, 0.6) is 0 Å². The highest BCUT2D eigenvalue weighted by molar-refractivity contribution is 5.95. The van der Waals surface area contributed by atoms with E-state index in [1.807, 2.05) is 43.0 Å². The maximum Gasteiger partial charge on any atom is 0.242 e. The van der Waals surface area contributed by atoms with E-state index in [1.54, 1.807) is 0 Å². The Kier molecular flexibility index (Phi) is 6.30. The van der Waals surface area contributed by atoms with E-state index < -0.39 is 0 Å². The third kappa shape index (κ3) is 4.44. The smallest absolute Gasteiger partial charge is 0.242 e. The van der Waals surface area contributed by atoms with Gasteiger partial charge in [-0.15, -0.1) is 0 Å². The van der Waals surface area contributed by atoms with Crippen LogP contribution in [0.1, 0.15) is 44.6 Å².